The second-order valence-electron chi connectivity index (χ2n) is 10.4. The molecule has 0 bridgehead atoms. The number of unbranched alkanes of at least 4 members (excludes halogenated alkanes) is 3. The second-order valence-corrected chi connectivity index (χ2v) is 10.4. The van der Waals surface area contributed by atoms with Crippen LogP contribution in [0.4, 0.5) is 0 Å². The zero-order valence-corrected chi connectivity index (χ0v) is 18.8. The predicted molar refractivity (Wildman–Crippen MR) is 117 cm³/mol. The van der Waals surface area contributed by atoms with Crippen LogP contribution in [0.25, 0.3) is 0 Å². The predicted octanol–water partition coefficient (Wildman–Crippen LogP) is 7.69. The van der Waals surface area contributed by atoms with Crippen LogP contribution in [-0.2, 0) is 9.53 Å². The van der Waals surface area contributed by atoms with Crippen LogP contribution in [0.3, 0.4) is 0 Å². The van der Waals surface area contributed by atoms with Gasteiger partial charge in [-0.3, -0.25) is 4.79 Å². The van der Waals surface area contributed by atoms with E-state index in [1.54, 1.807) is 0 Å². The maximum absolute atomic E-state index is 12.8. The lowest BCUT2D eigenvalue weighted by molar-refractivity contribution is -0.158. The highest BCUT2D eigenvalue weighted by Crippen LogP contribution is 2.46. The second kappa shape index (κ2) is 11.6. The van der Waals surface area contributed by atoms with E-state index in [4.69, 9.17) is 4.74 Å². The Kier molecular flexibility index (Phi) is 9.18. The Hall–Kier alpha value is -0.530. The van der Waals surface area contributed by atoms with Crippen molar-refractivity contribution < 1.29 is 9.53 Å². The van der Waals surface area contributed by atoms with Crippen LogP contribution in [0.1, 0.15) is 123 Å². The summed E-state index contributed by atoms with van der Waals surface area (Å²) in [6.45, 7) is 4.59. The van der Waals surface area contributed by atoms with Gasteiger partial charge in [0.25, 0.3) is 0 Å². The summed E-state index contributed by atoms with van der Waals surface area (Å²) in [6, 6.07) is 0. The molecule has 3 fully saturated rings. The van der Waals surface area contributed by atoms with Crippen LogP contribution in [0, 0.1) is 29.6 Å². The first kappa shape index (κ1) is 22.2. The Balaban J connectivity index is 1.35. The minimum atomic E-state index is 0.154. The minimum Gasteiger partial charge on any atom is -0.462 e. The Morgan fingerprint density at radius 3 is 2.11 bits per heavy atom. The molecule has 3 saturated carbocycles. The van der Waals surface area contributed by atoms with Crippen LogP contribution in [0.5, 0.6) is 0 Å². The molecule has 0 aliphatic heterocycles. The van der Waals surface area contributed by atoms with Gasteiger partial charge in [0.15, 0.2) is 0 Å². The van der Waals surface area contributed by atoms with Crippen molar-refractivity contribution in [3.63, 3.8) is 0 Å². The molecule has 0 aromatic heterocycles. The molecule has 2 nitrogen and oxygen atoms in total. The highest BCUT2D eigenvalue weighted by molar-refractivity contribution is 5.72. The fraction of sp³-hybridized carbons (Fsp3) is 0.962. The zero-order chi connectivity index (χ0) is 19.8. The summed E-state index contributed by atoms with van der Waals surface area (Å²) in [5, 5.41) is 0. The number of fused-ring (bicyclic) bond motifs is 1. The Labute approximate surface area is 174 Å². The largest absolute Gasteiger partial charge is 0.462 e. The summed E-state index contributed by atoms with van der Waals surface area (Å²) in [4.78, 5) is 12.8. The average Bonchev–Trinajstić information content (AvgIpc) is 2.73. The van der Waals surface area contributed by atoms with Crippen molar-refractivity contribution in [2.45, 2.75) is 129 Å². The lowest BCUT2D eigenvalue weighted by atomic mass is 9.64. The van der Waals surface area contributed by atoms with E-state index in [-0.39, 0.29) is 18.0 Å². The molecule has 0 radical (unpaired) electrons. The van der Waals surface area contributed by atoms with E-state index < -0.39 is 0 Å². The highest BCUT2D eigenvalue weighted by Gasteiger charge is 2.38. The highest BCUT2D eigenvalue weighted by atomic mass is 16.5. The van der Waals surface area contributed by atoms with Gasteiger partial charge in [-0.15, -0.1) is 0 Å². The van der Waals surface area contributed by atoms with Gasteiger partial charge < -0.3 is 4.74 Å². The van der Waals surface area contributed by atoms with Gasteiger partial charge in [0.1, 0.15) is 6.10 Å². The molecule has 0 aromatic rings. The van der Waals surface area contributed by atoms with Crippen LogP contribution in [-0.4, -0.2) is 12.1 Å². The number of hydrogen-bond donors (Lipinski definition) is 0. The lowest BCUT2D eigenvalue weighted by Gasteiger charge is -2.42. The molecule has 0 spiro atoms. The minimum absolute atomic E-state index is 0.154. The molecule has 4 unspecified atom stereocenters. The standard InChI is InChI=1S/C26H46O2/c1-3-5-7-9-20-11-16-25(17-12-20)28-26(27)24-15-14-22-18-21(8-6-4-2)10-13-23(22)19-24/h20-25H,3-19H2,1-2H3. The summed E-state index contributed by atoms with van der Waals surface area (Å²) in [5.74, 6) is 3.92. The van der Waals surface area contributed by atoms with E-state index in [2.05, 4.69) is 13.8 Å². The normalized spacial score (nSPS) is 35.9. The summed E-state index contributed by atoms with van der Waals surface area (Å²) in [7, 11) is 0. The average molecular weight is 391 g/mol. The molecule has 0 aromatic carbocycles. The van der Waals surface area contributed by atoms with Crippen molar-refractivity contribution in [2.24, 2.45) is 29.6 Å². The van der Waals surface area contributed by atoms with Gasteiger partial charge in [0, 0.05) is 0 Å². The summed E-state index contributed by atoms with van der Waals surface area (Å²) < 4.78 is 6.02. The van der Waals surface area contributed by atoms with E-state index >= 15 is 0 Å². The summed E-state index contributed by atoms with van der Waals surface area (Å²) >= 11 is 0. The number of carbonyl (C=O) groups is 1. The van der Waals surface area contributed by atoms with Crippen LogP contribution in [0.2, 0.25) is 0 Å². The van der Waals surface area contributed by atoms with E-state index in [1.165, 1.54) is 83.5 Å². The van der Waals surface area contributed by atoms with Gasteiger partial charge in [-0.05, 0) is 81.5 Å². The van der Waals surface area contributed by atoms with E-state index in [1.807, 2.05) is 0 Å². The molecule has 2 heteroatoms. The van der Waals surface area contributed by atoms with Crippen LogP contribution in [0.15, 0.2) is 0 Å². The van der Waals surface area contributed by atoms with Gasteiger partial charge in [0.2, 0.25) is 0 Å². The van der Waals surface area contributed by atoms with Gasteiger partial charge >= 0.3 is 5.97 Å². The van der Waals surface area contributed by atoms with Crippen molar-refractivity contribution in [1.29, 1.82) is 0 Å². The number of ether oxygens (including phenoxy) is 1. The zero-order valence-electron chi connectivity index (χ0n) is 18.8. The molecule has 3 aliphatic carbocycles. The maximum atomic E-state index is 12.8. The third-order valence-corrected chi connectivity index (χ3v) is 8.31. The SMILES string of the molecule is CCCCCC1CCC(OC(=O)C2CCC3CC(CCCC)CCC3C2)CC1. The number of esters is 1. The first-order chi connectivity index (χ1) is 13.7. The third-order valence-electron chi connectivity index (χ3n) is 8.31. The Bertz CT molecular complexity index is 451. The summed E-state index contributed by atoms with van der Waals surface area (Å²) in [6.07, 6.45) is 22.3. The van der Waals surface area contributed by atoms with E-state index in [9.17, 15) is 4.79 Å². The molecular formula is C26H46O2. The molecule has 3 rings (SSSR count). The quantitative estimate of drug-likeness (QED) is 0.298. The van der Waals surface area contributed by atoms with Crippen LogP contribution < -0.4 is 0 Å². The lowest BCUT2D eigenvalue weighted by Crippen LogP contribution is -2.36. The molecule has 0 N–H and O–H groups in total. The van der Waals surface area contributed by atoms with Gasteiger partial charge in [-0.25, -0.2) is 0 Å². The number of hydrogen-bond acceptors (Lipinski definition) is 2. The molecule has 0 saturated heterocycles. The molecule has 0 amide bonds. The molecule has 4 atom stereocenters. The summed E-state index contributed by atoms with van der Waals surface area (Å²) in [5.41, 5.74) is 0. The van der Waals surface area contributed by atoms with E-state index in [0.717, 1.165) is 49.4 Å². The van der Waals surface area contributed by atoms with Crippen molar-refractivity contribution in [2.75, 3.05) is 0 Å². The van der Waals surface area contributed by atoms with Gasteiger partial charge in [0.05, 0.1) is 5.92 Å². The third kappa shape index (κ3) is 6.49. The molecular weight excluding hydrogens is 344 g/mol. The molecule has 28 heavy (non-hydrogen) atoms. The Morgan fingerprint density at radius 2 is 1.36 bits per heavy atom. The Morgan fingerprint density at radius 1 is 0.714 bits per heavy atom. The first-order valence-electron chi connectivity index (χ1n) is 12.9. The maximum Gasteiger partial charge on any atom is 0.309 e. The van der Waals surface area contributed by atoms with Gasteiger partial charge in [-0.2, -0.15) is 0 Å². The molecule has 3 aliphatic rings. The van der Waals surface area contributed by atoms with Crippen molar-refractivity contribution in [1.82, 2.24) is 0 Å². The van der Waals surface area contributed by atoms with Gasteiger partial charge in [-0.1, -0.05) is 65.2 Å². The van der Waals surface area contributed by atoms with Crippen molar-refractivity contribution >= 4 is 5.97 Å². The fourth-order valence-corrected chi connectivity index (χ4v) is 6.44. The molecule has 0 heterocycles. The monoisotopic (exact) mass is 390 g/mol. The van der Waals surface area contributed by atoms with Crippen molar-refractivity contribution in [3.8, 4) is 0 Å². The van der Waals surface area contributed by atoms with Crippen LogP contribution >= 0.6 is 0 Å². The van der Waals surface area contributed by atoms with Crippen molar-refractivity contribution in [3.05, 3.63) is 0 Å². The fourth-order valence-electron chi connectivity index (χ4n) is 6.44. The van der Waals surface area contributed by atoms with E-state index in [0.29, 0.717) is 0 Å². The topological polar surface area (TPSA) is 26.3 Å². The smallest absolute Gasteiger partial charge is 0.309 e. The number of carbonyl (C=O) groups excluding carboxylic acids is 1. The molecule has 162 valence electrons. The first-order valence-corrected chi connectivity index (χ1v) is 12.9. The number of rotatable bonds is 9.